The smallest absolute Gasteiger partial charge is 0.165 e. The Morgan fingerprint density at radius 3 is 2.81 bits per heavy atom. The van der Waals surface area contributed by atoms with Gasteiger partial charge in [-0.15, -0.1) is 0 Å². The van der Waals surface area contributed by atoms with Gasteiger partial charge in [-0.25, -0.2) is 4.39 Å². The molecule has 0 radical (unpaired) electrons. The molecule has 1 saturated heterocycles. The molecule has 1 aliphatic rings. The van der Waals surface area contributed by atoms with Crippen LogP contribution >= 0.6 is 0 Å². The fraction of sp³-hybridized carbons (Fsp3) is 0.538. The summed E-state index contributed by atoms with van der Waals surface area (Å²) >= 11 is 0. The minimum absolute atomic E-state index is 0.00787. The highest BCUT2D eigenvalue weighted by Crippen LogP contribution is 2.27. The van der Waals surface area contributed by atoms with E-state index in [-0.39, 0.29) is 11.9 Å². The van der Waals surface area contributed by atoms with Gasteiger partial charge in [0.05, 0.1) is 6.10 Å². The van der Waals surface area contributed by atoms with Gasteiger partial charge in [-0.2, -0.15) is 0 Å². The SMILES string of the molecule is CC(C)Oc1ccc(C2CCNC2)cc1F. The molecule has 1 atom stereocenters. The molecule has 0 spiro atoms. The molecule has 0 aromatic heterocycles. The molecule has 2 nitrogen and oxygen atoms in total. The van der Waals surface area contributed by atoms with E-state index in [1.807, 2.05) is 19.9 Å². The van der Waals surface area contributed by atoms with E-state index in [0.717, 1.165) is 25.1 Å². The average Bonchev–Trinajstić information content (AvgIpc) is 2.73. The quantitative estimate of drug-likeness (QED) is 0.850. The molecule has 1 aromatic carbocycles. The molecular weight excluding hydrogens is 205 g/mol. The van der Waals surface area contributed by atoms with Crippen molar-refractivity contribution in [1.29, 1.82) is 0 Å². The van der Waals surface area contributed by atoms with Crippen LogP contribution in [0.1, 0.15) is 31.7 Å². The van der Waals surface area contributed by atoms with E-state index in [4.69, 9.17) is 4.74 Å². The maximum Gasteiger partial charge on any atom is 0.165 e. The second-order valence-corrected chi connectivity index (χ2v) is 4.55. The minimum Gasteiger partial charge on any atom is -0.488 e. The van der Waals surface area contributed by atoms with Gasteiger partial charge < -0.3 is 10.1 Å². The van der Waals surface area contributed by atoms with Gasteiger partial charge >= 0.3 is 0 Å². The van der Waals surface area contributed by atoms with Crippen LogP contribution in [-0.2, 0) is 0 Å². The van der Waals surface area contributed by atoms with E-state index in [9.17, 15) is 4.39 Å². The van der Waals surface area contributed by atoms with E-state index in [0.29, 0.717) is 11.7 Å². The maximum atomic E-state index is 13.7. The summed E-state index contributed by atoms with van der Waals surface area (Å²) in [5.74, 6) is 0.547. The fourth-order valence-electron chi connectivity index (χ4n) is 2.06. The Morgan fingerprint density at radius 1 is 1.44 bits per heavy atom. The number of nitrogens with one attached hydrogen (secondary N) is 1. The lowest BCUT2D eigenvalue weighted by atomic mass is 9.98. The summed E-state index contributed by atoms with van der Waals surface area (Å²) in [6.07, 6.45) is 1.09. The number of halogens is 1. The molecular formula is C13H18FNO. The van der Waals surface area contributed by atoms with Gasteiger partial charge in [0.15, 0.2) is 11.6 Å². The van der Waals surface area contributed by atoms with E-state index in [1.165, 1.54) is 0 Å². The Labute approximate surface area is 95.8 Å². The van der Waals surface area contributed by atoms with Gasteiger partial charge in [-0.05, 0) is 50.4 Å². The predicted molar refractivity (Wildman–Crippen MR) is 62.4 cm³/mol. The molecule has 16 heavy (non-hydrogen) atoms. The molecule has 1 aliphatic heterocycles. The zero-order chi connectivity index (χ0) is 11.5. The second kappa shape index (κ2) is 4.83. The van der Waals surface area contributed by atoms with Crippen molar-refractivity contribution in [3.63, 3.8) is 0 Å². The molecule has 0 saturated carbocycles. The summed E-state index contributed by atoms with van der Waals surface area (Å²) in [6, 6.07) is 5.32. The zero-order valence-corrected chi connectivity index (χ0v) is 9.79. The van der Waals surface area contributed by atoms with Crippen molar-refractivity contribution in [3.8, 4) is 5.75 Å². The largest absolute Gasteiger partial charge is 0.488 e. The zero-order valence-electron chi connectivity index (χ0n) is 9.79. The third kappa shape index (κ3) is 2.53. The predicted octanol–water partition coefficient (Wildman–Crippen LogP) is 2.69. The summed E-state index contributed by atoms with van der Waals surface area (Å²) in [5, 5.41) is 3.28. The van der Waals surface area contributed by atoms with Crippen molar-refractivity contribution in [2.75, 3.05) is 13.1 Å². The topological polar surface area (TPSA) is 21.3 Å². The van der Waals surface area contributed by atoms with E-state index >= 15 is 0 Å². The normalized spacial score (nSPS) is 20.4. The van der Waals surface area contributed by atoms with Crippen molar-refractivity contribution in [2.24, 2.45) is 0 Å². The molecule has 0 aliphatic carbocycles. The Hall–Kier alpha value is -1.09. The molecule has 1 N–H and O–H groups in total. The van der Waals surface area contributed by atoms with Crippen LogP contribution in [0.2, 0.25) is 0 Å². The summed E-state index contributed by atoms with van der Waals surface area (Å²) in [4.78, 5) is 0. The Bertz CT molecular complexity index is 359. The van der Waals surface area contributed by atoms with Gasteiger partial charge in [0, 0.05) is 6.54 Å². The highest BCUT2D eigenvalue weighted by atomic mass is 19.1. The molecule has 1 aromatic rings. The monoisotopic (exact) mass is 223 g/mol. The maximum absolute atomic E-state index is 13.7. The summed E-state index contributed by atoms with van der Waals surface area (Å²) < 4.78 is 19.1. The van der Waals surface area contributed by atoms with Crippen LogP contribution in [-0.4, -0.2) is 19.2 Å². The first-order chi connectivity index (χ1) is 7.66. The van der Waals surface area contributed by atoms with Gasteiger partial charge in [-0.3, -0.25) is 0 Å². The van der Waals surface area contributed by atoms with E-state index < -0.39 is 0 Å². The molecule has 2 rings (SSSR count). The van der Waals surface area contributed by atoms with Crippen LogP contribution in [0.25, 0.3) is 0 Å². The van der Waals surface area contributed by atoms with Crippen molar-refractivity contribution in [2.45, 2.75) is 32.3 Å². The third-order valence-electron chi connectivity index (χ3n) is 2.85. The first kappa shape index (κ1) is 11.4. The van der Waals surface area contributed by atoms with Crippen LogP contribution in [0, 0.1) is 5.82 Å². The Balaban J connectivity index is 2.15. The van der Waals surface area contributed by atoms with Gasteiger partial charge in [0.25, 0.3) is 0 Å². The first-order valence-electron chi connectivity index (χ1n) is 5.83. The van der Waals surface area contributed by atoms with Crippen LogP contribution in [0.15, 0.2) is 18.2 Å². The fourth-order valence-corrected chi connectivity index (χ4v) is 2.06. The molecule has 88 valence electrons. The van der Waals surface area contributed by atoms with Crippen LogP contribution in [0.3, 0.4) is 0 Å². The molecule has 1 unspecified atom stereocenters. The molecule has 0 bridgehead atoms. The number of hydrogen-bond donors (Lipinski definition) is 1. The first-order valence-corrected chi connectivity index (χ1v) is 5.83. The summed E-state index contributed by atoms with van der Waals surface area (Å²) in [5.41, 5.74) is 1.07. The number of ether oxygens (including phenoxy) is 1. The van der Waals surface area contributed by atoms with Gasteiger partial charge in [-0.1, -0.05) is 6.07 Å². The second-order valence-electron chi connectivity index (χ2n) is 4.55. The lowest BCUT2D eigenvalue weighted by Crippen LogP contribution is -2.09. The lowest BCUT2D eigenvalue weighted by Gasteiger charge is -2.13. The molecule has 1 heterocycles. The summed E-state index contributed by atoms with van der Waals surface area (Å²) in [7, 11) is 0. The third-order valence-corrected chi connectivity index (χ3v) is 2.85. The van der Waals surface area contributed by atoms with Crippen molar-refractivity contribution in [1.82, 2.24) is 5.32 Å². The van der Waals surface area contributed by atoms with Crippen molar-refractivity contribution < 1.29 is 9.13 Å². The van der Waals surface area contributed by atoms with Crippen molar-refractivity contribution >= 4 is 0 Å². The van der Waals surface area contributed by atoms with E-state index in [2.05, 4.69) is 5.32 Å². The molecule has 0 amide bonds. The van der Waals surface area contributed by atoms with Crippen LogP contribution < -0.4 is 10.1 Å². The lowest BCUT2D eigenvalue weighted by molar-refractivity contribution is 0.231. The van der Waals surface area contributed by atoms with Crippen LogP contribution in [0.4, 0.5) is 4.39 Å². The van der Waals surface area contributed by atoms with Crippen LogP contribution in [0.5, 0.6) is 5.75 Å². The minimum atomic E-state index is -0.252. The summed E-state index contributed by atoms with van der Waals surface area (Å²) in [6.45, 7) is 5.77. The molecule has 3 heteroatoms. The number of rotatable bonds is 3. The standard InChI is InChI=1S/C13H18FNO/c1-9(2)16-13-4-3-10(7-12(13)14)11-5-6-15-8-11/h3-4,7,9,11,15H,5-6,8H2,1-2H3. The number of hydrogen-bond acceptors (Lipinski definition) is 2. The van der Waals surface area contributed by atoms with E-state index in [1.54, 1.807) is 12.1 Å². The Morgan fingerprint density at radius 2 is 2.25 bits per heavy atom. The molecule has 1 fully saturated rings. The van der Waals surface area contributed by atoms with Crippen molar-refractivity contribution in [3.05, 3.63) is 29.6 Å². The average molecular weight is 223 g/mol. The van der Waals surface area contributed by atoms with Gasteiger partial charge in [0.2, 0.25) is 0 Å². The number of benzene rings is 1. The Kier molecular flexibility index (Phi) is 3.44. The van der Waals surface area contributed by atoms with Gasteiger partial charge in [0.1, 0.15) is 0 Å². The highest BCUT2D eigenvalue weighted by molar-refractivity contribution is 5.32. The highest BCUT2D eigenvalue weighted by Gasteiger charge is 2.18.